The fraction of sp³-hybridized carbons (Fsp3) is 0.231. The van der Waals surface area contributed by atoms with E-state index < -0.39 is 29.8 Å². The molecule has 0 bridgehead atoms. The molecule has 0 amide bonds. The molecule has 5 rings (SSSR count). The molecular formula is C39H40Cl3N7O10. The highest BCUT2D eigenvalue weighted by Gasteiger charge is 2.18. The van der Waals surface area contributed by atoms with Gasteiger partial charge in [0.05, 0.1) is 41.0 Å². The van der Waals surface area contributed by atoms with Gasteiger partial charge >= 0.3 is 29.8 Å². The summed E-state index contributed by atoms with van der Waals surface area (Å²) in [5, 5.41) is 37.6. The van der Waals surface area contributed by atoms with Crippen molar-refractivity contribution in [3.05, 3.63) is 148 Å². The molecule has 5 aromatic rings. The van der Waals surface area contributed by atoms with Crippen molar-refractivity contribution in [1.29, 1.82) is 0 Å². The molecule has 0 radical (unpaired) electrons. The standard InChI is InChI=1S/C30H28N6O8.C9H10ClNO2.2ClH/c37-27(38)23-9-1-5-19(31-23)15-35(16-20-6-2-10-24(32-20)28(39)40)13-14-36(17-21-7-3-11-25(33-21)29(41)42)18-22-8-4-12-26(34-22)30(43)44;1-2-13-9(12)8-5-3-4-7(6-10)11-8;;/h1-12H,13-18H2,(H,37,38)(H,39,40)(H,41,42)(H,43,44);3-5H,2,6H2,1H3;2*1H. The number of carbonyl (C=O) groups excluding carboxylic acids is 1. The summed E-state index contributed by atoms with van der Waals surface area (Å²) in [7, 11) is 0. The second-order valence-corrected chi connectivity index (χ2v) is 12.3. The number of carboxylic acids is 4. The molecule has 0 fully saturated rings. The molecule has 0 saturated carbocycles. The van der Waals surface area contributed by atoms with Gasteiger partial charge in [0, 0.05) is 39.3 Å². The minimum absolute atomic E-state index is 0. The normalized spacial score (nSPS) is 10.4. The third-order valence-corrected chi connectivity index (χ3v) is 8.08. The van der Waals surface area contributed by atoms with E-state index in [2.05, 4.69) is 24.9 Å². The summed E-state index contributed by atoms with van der Waals surface area (Å²) in [6.45, 7) is 3.60. The molecule has 5 heterocycles. The predicted octanol–water partition coefficient (Wildman–Crippen LogP) is 5.60. The summed E-state index contributed by atoms with van der Waals surface area (Å²) in [4.78, 5) is 81.8. The van der Waals surface area contributed by atoms with Gasteiger partial charge in [-0.15, -0.1) is 36.4 Å². The number of pyridine rings is 5. The molecule has 59 heavy (non-hydrogen) atoms. The molecule has 0 aromatic carbocycles. The van der Waals surface area contributed by atoms with Crippen LogP contribution in [0.25, 0.3) is 0 Å². The molecule has 0 aliphatic heterocycles. The van der Waals surface area contributed by atoms with E-state index in [1.54, 1.807) is 73.7 Å². The molecule has 0 aliphatic rings. The largest absolute Gasteiger partial charge is 0.477 e. The minimum Gasteiger partial charge on any atom is -0.477 e. The second kappa shape index (κ2) is 24.6. The highest BCUT2D eigenvalue weighted by Crippen LogP contribution is 2.14. The first-order valence-corrected chi connectivity index (χ1v) is 17.8. The average Bonchev–Trinajstić information content (AvgIpc) is 3.20. The van der Waals surface area contributed by atoms with Gasteiger partial charge in [-0.25, -0.2) is 48.9 Å². The first kappa shape index (κ1) is 49.0. The van der Waals surface area contributed by atoms with Crippen molar-refractivity contribution >= 4 is 66.3 Å². The molecule has 0 saturated heterocycles. The molecule has 4 N–H and O–H groups in total. The molecule has 312 valence electrons. The Morgan fingerprint density at radius 2 is 0.763 bits per heavy atom. The van der Waals surface area contributed by atoms with Crippen LogP contribution >= 0.6 is 36.4 Å². The summed E-state index contributed by atoms with van der Waals surface area (Å²) >= 11 is 5.57. The van der Waals surface area contributed by atoms with E-state index in [0.717, 1.165) is 0 Å². The number of hydrogen-bond acceptors (Lipinski definition) is 13. The monoisotopic (exact) mass is 871 g/mol. The lowest BCUT2D eigenvalue weighted by atomic mass is 10.2. The maximum absolute atomic E-state index is 11.5. The number of ether oxygens (including phenoxy) is 1. The number of rotatable bonds is 18. The number of esters is 1. The van der Waals surface area contributed by atoms with Crippen molar-refractivity contribution in [3.63, 3.8) is 0 Å². The van der Waals surface area contributed by atoms with Crippen molar-refractivity contribution in [2.45, 2.75) is 39.0 Å². The van der Waals surface area contributed by atoms with E-state index in [0.29, 0.717) is 59.7 Å². The lowest BCUT2D eigenvalue weighted by Crippen LogP contribution is -2.35. The number of carbonyl (C=O) groups is 5. The highest BCUT2D eigenvalue weighted by molar-refractivity contribution is 6.16. The van der Waals surface area contributed by atoms with E-state index in [1.807, 2.05) is 9.80 Å². The number of aromatic nitrogens is 5. The summed E-state index contributed by atoms with van der Waals surface area (Å²) in [5.41, 5.74) is 2.37. The molecule has 0 aliphatic carbocycles. The van der Waals surface area contributed by atoms with E-state index in [9.17, 15) is 44.4 Å². The summed E-state index contributed by atoms with van der Waals surface area (Å²) in [6.07, 6.45) is 0. The Morgan fingerprint density at radius 1 is 0.492 bits per heavy atom. The zero-order chi connectivity index (χ0) is 41.3. The van der Waals surface area contributed by atoms with E-state index >= 15 is 0 Å². The van der Waals surface area contributed by atoms with Crippen LogP contribution < -0.4 is 0 Å². The zero-order valence-electron chi connectivity index (χ0n) is 31.4. The van der Waals surface area contributed by atoms with Gasteiger partial charge in [0.2, 0.25) is 0 Å². The van der Waals surface area contributed by atoms with Crippen molar-refractivity contribution < 1.29 is 49.1 Å². The molecule has 0 atom stereocenters. The smallest absolute Gasteiger partial charge is 0.356 e. The lowest BCUT2D eigenvalue weighted by molar-refractivity contribution is 0.0517. The van der Waals surface area contributed by atoms with Crippen LogP contribution in [0.4, 0.5) is 0 Å². The number of carboxylic acid groups (broad SMARTS) is 4. The third kappa shape index (κ3) is 16.0. The van der Waals surface area contributed by atoms with Crippen LogP contribution in [0.15, 0.2) is 91.0 Å². The maximum Gasteiger partial charge on any atom is 0.356 e. The quantitative estimate of drug-likeness (QED) is 0.0618. The van der Waals surface area contributed by atoms with Gasteiger partial charge in [-0.1, -0.05) is 30.3 Å². The summed E-state index contributed by atoms with van der Waals surface area (Å²) in [6, 6.07) is 23.7. The van der Waals surface area contributed by atoms with Crippen LogP contribution in [-0.4, -0.2) is 105 Å². The van der Waals surface area contributed by atoms with Gasteiger partial charge in [0.1, 0.15) is 28.5 Å². The molecular weight excluding hydrogens is 833 g/mol. The number of hydrogen-bond donors (Lipinski definition) is 4. The molecule has 20 heteroatoms. The Balaban J connectivity index is 0.000000683. The van der Waals surface area contributed by atoms with Crippen molar-refractivity contribution in [2.24, 2.45) is 0 Å². The van der Waals surface area contributed by atoms with Crippen LogP contribution in [0.1, 0.15) is 87.8 Å². The van der Waals surface area contributed by atoms with E-state index in [1.165, 1.54) is 24.3 Å². The van der Waals surface area contributed by atoms with Gasteiger partial charge in [-0.2, -0.15) is 0 Å². The van der Waals surface area contributed by atoms with Gasteiger partial charge in [-0.05, 0) is 67.6 Å². The van der Waals surface area contributed by atoms with Crippen LogP contribution in [0.2, 0.25) is 0 Å². The van der Waals surface area contributed by atoms with Gasteiger partial charge in [0.15, 0.2) is 0 Å². The van der Waals surface area contributed by atoms with Crippen LogP contribution in [0.3, 0.4) is 0 Å². The van der Waals surface area contributed by atoms with Crippen LogP contribution in [0.5, 0.6) is 0 Å². The third-order valence-electron chi connectivity index (χ3n) is 7.81. The molecule has 0 spiro atoms. The van der Waals surface area contributed by atoms with Crippen molar-refractivity contribution in [3.8, 4) is 0 Å². The molecule has 0 unspecified atom stereocenters. The van der Waals surface area contributed by atoms with E-state index in [4.69, 9.17) is 16.3 Å². The number of nitrogens with zero attached hydrogens (tertiary/aromatic N) is 7. The minimum atomic E-state index is -1.17. The lowest BCUT2D eigenvalue weighted by Gasteiger charge is -2.27. The second-order valence-electron chi connectivity index (χ2n) is 12.1. The Kier molecular flexibility index (Phi) is 20.5. The Labute approximate surface area is 355 Å². The summed E-state index contributed by atoms with van der Waals surface area (Å²) < 4.78 is 4.78. The fourth-order valence-electron chi connectivity index (χ4n) is 5.25. The molecule has 17 nitrogen and oxygen atoms in total. The average molecular weight is 873 g/mol. The Bertz CT molecular complexity index is 1970. The fourth-order valence-corrected chi connectivity index (χ4v) is 5.40. The van der Waals surface area contributed by atoms with Crippen molar-refractivity contribution in [1.82, 2.24) is 34.7 Å². The first-order chi connectivity index (χ1) is 27.3. The zero-order valence-corrected chi connectivity index (χ0v) is 33.8. The van der Waals surface area contributed by atoms with Gasteiger partial charge in [-0.3, -0.25) is 9.80 Å². The van der Waals surface area contributed by atoms with Gasteiger partial charge < -0.3 is 25.2 Å². The van der Waals surface area contributed by atoms with Gasteiger partial charge in [0.25, 0.3) is 0 Å². The highest BCUT2D eigenvalue weighted by atomic mass is 35.5. The number of alkyl halides is 1. The Hall–Kier alpha value is -6.11. The Morgan fingerprint density at radius 3 is 1.03 bits per heavy atom. The van der Waals surface area contributed by atoms with Crippen LogP contribution in [-0.2, 0) is 36.8 Å². The SMILES string of the molecule is CCOC(=O)c1cccc(CCl)n1.Cl.Cl.O=C(O)c1cccc(CN(CCN(Cc2cccc(C(=O)O)n2)Cc2cccc(C(=O)O)n2)Cc2cccc(C(=O)O)n2)n1. The van der Waals surface area contributed by atoms with Crippen LogP contribution in [0, 0.1) is 0 Å². The van der Waals surface area contributed by atoms with E-state index in [-0.39, 0.29) is 73.8 Å². The van der Waals surface area contributed by atoms with Crippen molar-refractivity contribution in [2.75, 3.05) is 19.7 Å². The first-order valence-electron chi connectivity index (χ1n) is 17.3. The predicted molar refractivity (Wildman–Crippen MR) is 217 cm³/mol. The topological polar surface area (TPSA) is 246 Å². The number of aromatic carboxylic acids is 4. The summed E-state index contributed by atoms with van der Waals surface area (Å²) in [5.74, 6) is -4.80. The number of halogens is 3. The maximum atomic E-state index is 11.5. The molecule has 5 aromatic heterocycles.